The number of aromatic nitrogens is 3. The summed E-state index contributed by atoms with van der Waals surface area (Å²) in [6.07, 6.45) is 0. The van der Waals surface area contributed by atoms with Crippen molar-refractivity contribution in [2.75, 3.05) is 0 Å². The molecule has 26 heavy (non-hydrogen) atoms. The lowest BCUT2D eigenvalue weighted by Gasteiger charge is -2.44. The van der Waals surface area contributed by atoms with E-state index in [1.165, 1.54) is 6.07 Å². The van der Waals surface area contributed by atoms with Crippen molar-refractivity contribution in [3.63, 3.8) is 0 Å². The molecule has 0 amide bonds. The monoisotopic (exact) mass is 368 g/mol. The minimum Gasteiger partial charge on any atom is -0.274 e. The zero-order valence-electron chi connectivity index (χ0n) is 15.0. The Kier molecular flexibility index (Phi) is 3.63. The number of rotatable bonds is 1. The molecule has 0 radical (unpaired) electrons. The molecule has 132 valence electrons. The van der Waals surface area contributed by atoms with Crippen LogP contribution in [0.2, 0.25) is 5.02 Å². The molecule has 0 fully saturated rings. The molecule has 0 atom stereocenters. The number of hydrogen-bond acceptors (Lipinski definition) is 4. The lowest BCUT2D eigenvalue weighted by atomic mass is 9.66. The van der Waals surface area contributed by atoms with Gasteiger partial charge < -0.3 is 0 Å². The second-order valence-electron chi connectivity index (χ2n) is 7.58. The molecule has 0 N–H and O–H groups in total. The Labute approximate surface area is 156 Å². The molecule has 3 aromatic rings. The standard InChI is InChI=1S/C20H18ClFN4/c1-19(2)13-10-11(21)8-9-12(13)16(24-20(19,3)4)18-23-15-7-5-6-14(22)17(15)25-26-18/h5-10H,1-4H3. The molecule has 0 saturated carbocycles. The summed E-state index contributed by atoms with van der Waals surface area (Å²) >= 11 is 6.26. The molecule has 0 bridgehead atoms. The normalized spacial score (nSPS) is 17.7. The Morgan fingerprint density at radius 3 is 2.54 bits per heavy atom. The lowest BCUT2D eigenvalue weighted by Crippen LogP contribution is -2.46. The molecule has 1 aliphatic rings. The van der Waals surface area contributed by atoms with Crippen LogP contribution in [-0.2, 0) is 5.41 Å². The average molecular weight is 369 g/mol. The first-order valence-electron chi connectivity index (χ1n) is 8.40. The lowest BCUT2D eigenvalue weighted by molar-refractivity contribution is 0.303. The van der Waals surface area contributed by atoms with Crippen molar-refractivity contribution >= 4 is 28.3 Å². The van der Waals surface area contributed by atoms with Gasteiger partial charge in [-0.1, -0.05) is 37.6 Å². The molecule has 6 heteroatoms. The van der Waals surface area contributed by atoms with Crippen LogP contribution >= 0.6 is 11.6 Å². The molecule has 2 heterocycles. The van der Waals surface area contributed by atoms with Crippen LogP contribution in [-0.4, -0.2) is 26.4 Å². The zero-order chi connectivity index (χ0) is 18.7. The minimum absolute atomic E-state index is 0.156. The van der Waals surface area contributed by atoms with Crippen LogP contribution in [0.1, 0.15) is 44.6 Å². The van der Waals surface area contributed by atoms with Crippen molar-refractivity contribution in [3.05, 3.63) is 64.2 Å². The van der Waals surface area contributed by atoms with Crippen LogP contribution in [0.5, 0.6) is 0 Å². The Bertz CT molecular complexity index is 1070. The first-order chi connectivity index (χ1) is 12.2. The van der Waals surface area contributed by atoms with Crippen molar-refractivity contribution in [1.29, 1.82) is 0 Å². The summed E-state index contributed by atoms with van der Waals surface area (Å²) < 4.78 is 13.9. The topological polar surface area (TPSA) is 51.0 Å². The van der Waals surface area contributed by atoms with Crippen LogP contribution in [0.25, 0.3) is 11.0 Å². The van der Waals surface area contributed by atoms with Gasteiger partial charge >= 0.3 is 0 Å². The van der Waals surface area contributed by atoms with Gasteiger partial charge in [-0.05, 0) is 43.7 Å². The maximum Gasteiger partial charge on any atom is 0.201 e. The van der Waals surface area contributed by atoms with Gasteiger partial charge in [-0.15, -0.1) is 10.2 Å². The molecule has 0 spiro atoms. The van der Waals surface area contributed by atoms with E-state index in [-0.39, 0.29) is 10.9 Å². The van der Waals surface area contributed by atoms with Crippen molar-refractivity contribution in [2.24, 2.45) is 4.99 Å². The molecule has 1 aromatic heterocycles. The fraction of sp³-hybridized carbons (Fsp3) is 0.300. The molecule has 4 nitrogen and oxygen atoms in total. The van der Waals surface area contributed by atoms with E-state index in [0.717, 1.165) is 11.1 Å². The highest BCUT2D eigenvalue weighted by atomic mass is 35.5. The van der Waals surface area contributed by atoms with Gasteiger partial charge in [0.1, 0.15) is 11.2 Å². The maximum absolute atomic E-state index is 13.9. The van der Waals surface area contributed by atoms with Crippen LogP contribution in [0.4, 0.5) is 4.39 Å². The number of benzene rings is 2. The predicted octanol–water partition coefficient (Wildman–Crippen LogP) is 4.72. The van der Waals surface area contributed by atoms with Crippen LogP contribution in [0, 0.1) is 5.82 Å². The highest BCUT2D eigenvalue weighted by molar-refractivity contribution is 6.31. The Morgan fingerprint density at radius 2 is 1.77 bits per heavy atom. The first-order valence-corrected chi connectivity index (χ1v) is 8.78. The Morgan fingerprint density at radius 1 is 1.00 bits per heavy atom. The van der Waals surface area contributed by atoms with Gasteiger partial charge in [0.25, 0.3) is 0 Å². The van der Waals surface area contributed by atoms with Gasteiger partial charge in [-0.3, -0.25) is 4.99 Å². The van der Waals surface area contributed by atoms with Gasteiger partial charge in [0.2, 0.25) is 5.82 Å². The third kappa shape index (κ3) is 2.42. The highest BCUT2D eigenvalue weighted by Crippen LogP contribution is 2.44. The van der Waals surface area contributed by atoms with Crippen molar-refractivity contribution in [2.45, 2.75) is 38.6 Å². The van der Waals surface area contributed by atoms with E-state index in [2.05, 4.69) is 42.9 Å². The van der Waals surface area contributed by atoms with Crippen molar-refractivity contribution < 1.29 is 4.39 Å². The molecule has 0 saturated heterocycles. The number of aliphatic imine (C=N–C) groups is 1. The van der Waals surface area contributed by atoms with Crippen molar-refractivity contribution in [1.82, 2.24) is 15.2 Å². The van der Waals surface area contributed by atoms with E-state index in [1.807, 2.05) is 18.2 Å². The van der Waals surface area contributed by atoms with Gasteiger partial charge in [0, 0.05) is 16.0 Å². The summed E-state index contributed by atoms with van der Waals surface area (Å²) in [5, 5.41) is 8.87. The fourth-order valence-corrected chi connectivity index (χ4v) is 3.42. The highest BCUT2D eigenvalue weighted by Gasteiger charge is 2.44. The third-order valence-corrected chi connectivity index (χ3v) is 5.71. The quantitative estimate of drug-likeness (QED) is 0.624. The molecule has 2 aromatic carbocycles. The summed E-state index contributed by atoms with van der Waals surface area (Å²) in [7, 11) is 0. The summed E-state index contributed by atoms with van der Waals surface area (Å²) in [6, 6.07) is 10.4. The maximum atomic E-state index is 13.9. The smallest absolute Gasteiger partial charge is 0.201 e. The largest absolute Gasteiger partial charge is 0.274 e. The number of nitrogens with zero attached hydrogens (tertiary/aromatic N) is 4. The zero-order valence-corrected chi connectivity index (χ0v) is 15.8. The predicted molar refractivity (Wildman–Crippen MR) is 101 cm³/mol. The van der Waals surface area contributed by atoms with Gasteiger partial charge in [-0.25, -0.2) is 9.37 Å². The Hall–Kier alpha value is -2.40. The minimum atomic E-state index is -0.437. The summed E-state index contributed by atoms with van der Waals surface area (Å²) in [5.74, 6) is -0.0523. The number of halogens is 2. The van der Waals surface area contributed by atoms with E-state index in [1.54, 1.807) is 12.1 Å². The van der Waals surface area contributed by atoms with Crippen molar-refractivity contribution in [3.8, 4) is 0 Å². The molecule has 1 aliphatic heterocycles. The summed E-state index contributed by atoms with van der Waals surface area (Å²) in [4.78, 5) is 9.47. The van der Waals surface area contributed by atoms with E-state index in [4.69, 9.17) is 16.6 Å². The SMILES string of the molecule is CC1(C)N=C(c2nnc3c(F)cccc3n2)c2ccc(Cl)cc2C1(C)C. The molecule has 0 aliphatic carbocycles. The molecule has 0 unspecified atom stereocenters. The molecular formula is C20H18ClFN4. The summed E-state index contributed by atoms with van der Waals surface area (Å²) in [5.41, 5.74) is 2.64. The van der Waals surface area contributed by atoms with Gasteiger partial charge in [0.15, 0.2) is 5.82 Å². The Balaban J connectivity index is 1.98. The summed E-state index contributed by atoms with van der Waals surface area (Å²) in [6.45, 7) is 8.45. The van der Waals surface area contributed by atoms with Gasteiger partial charge in [0.05, 0.1) is 11.1 Å². The molecule has 4 rings (SSSR count). The van der Waals surface area contributed by atoms with Crippen LogP contribution in [0.3, 0.4) is 0 Å². The van der Waals surface area contributed by atoms with Crippen LogP contribution < -0.4 is 0 Å². The average Bonchev–Trinajstić information content (AvgIpc) is 2.59. The van der Waals surface area contributed by atoms with E-state index in [9.17, 15) is 4.39 Å². The van der Waals surface area contributed by atoms with E-state index >= 15 is 0 Å². The second-order valence-corrected chi connectivity index (χ2v) is 8.01. The second kappa shape index (κ2) is 5.55. The first kappa shape index (κ1) is 17.0. The number of fused-ring (bicyclic) bond motifs is 2. The molecular weight excluding hydrogens is 351 g/mol. The fourth-order valence-electron chi connectivity index (χ4n) is 3.25. The van der Waals surface area contributed by atoms with E-state index in [0.29, 0.717) is 22.1 Å². The van der Waals surface area contributed by atoms with Crippen LogP contribution in [0.15, 0.2) is 41.4 Å². The van der Waals surface area contributed by atoms with Gasteiger partial charge in [-0.2, -0.15) is 0 Å². The third-order valence-electron chi connectivity index (χ3n) is 5.48. The van der Waals surface area contributed by atoms with E-state index < -0.39 is 11.4 Å². The number of hydrogen-bond donors (Lipinski definition) is 0.